The fraction of sp³-hybridized carbons (Fsp3) is 0.200. The van der Waals surface area contributed by atoms with Gasteiger partial charge < -0.3 is 4.57 Å². The zero-order valence-corrected chi connectivity index (χ0v) is 24.2. The van der Waals surface area contributed by atoms with Crippen LogP contribution in [-0.2, 0) is 17.3 Å². The predicted octanol–water partition coefficient (Wildman–Crippen LogP) is 10.4. The van der Waals surface area contributed by atoms with E-state index in [0.717, 1.165) is 12.8 Å². The summed E-state index contributed by atoms with van der Waals surface area (Å²) in [6.45, 7) is 9.56. The second-order valence-electron chi connectivity index (χ2n) is 13.3. The van der Waals surface area contributed by atoms with Crippen LogP contribution in [0.5, 0.6) is 0 Å². The van der Waals surface area contributed by atoms with Crippen LogP contribution in [0.15, 0.2) is 97.1 Å². The highest BCUT2D eigenvalue weighted by Gasteiger charge is 2.38. The van der Waals surface area contributed by atoms with E-state index in [1.165, 1.54) is 83.1 Å². The van der Waals surface area contributed by atoms with Gasteiger partial charge in [0.1, 0.15) is 0 Å². The van der Waals surface area contributed by atoms with Crippen molar-refractivity contribution < 1.29 is 0 Å². The van der Waals surface area contributed by atoms with Crippen molar-refractivity contribution in [2.45, 2.75) is 51.4 Å². The van der Waals surface area contributed by atoms with Gasteiger partial charge in [0.05, 0.1) is 5.52 Å². The first-order chi connectivity index (χ1) is 19.9. The second-order valence-corrected chi connectivity index (χ2v) is 13.3. The van der Waals surface area contributed by atoms with Crippen LogP contribution in [0.1, 0.15) is 67.6 Å². The van der Waals surface area contributed by atoms with Crippen molar-refractivity contribution in [1.29, 1.82) is 0 Å². The van der Waals surface area contributed by atoms with Gasteiger partial charge in [0.2, 0.25) is 0 Å². The summed E-state index contributed by atoms with van der Waals surface area (Å²) in [6.07, 6.45) is 6.91. The van der Waals surface area contributed by atoms with Crippen molar-refractivity contribution in [2.75, 3.05) is 0 Å². The Hall–Kier alpha value is -4.36. The van der Waals surface area contributed by atoms with Crippen molar-refractivity contribution in [3.05, 3.63) is 131 Å². The van der Waals surface area contributed by atoms with Crippen LogP contribution in [-0.4, -0.2) is 4.57 Å². The maximum Gasteiger partial charge on any atom is 0.0541 e. The Morgan fingerprint density at radius 3 is 2.29 bits per heavy atom. The number of fused-ring (bicyclic) bond motifs is 11. The molecular formula is C40H33N. The van der Waals surface area contributed by atoms with Crippen molar-refractivity contribution in [3.63, 3.8) is 0 Å². The van der Waals surface area contributed by atoms with Crippen molar-refractivity contribution >= 4 is 27.8 Å². The summed E-state index contributed by atoms with van der Waals surface area (Å²) in [6, 6.07) is 34.7. The van der Waals surface area contributed by atoms with Gasteiger partial charge in [-0.1, -0.05) is 101 Å². The first-order valence-electron chi connectivity index (χ1n) is 15.0. The number of hydrogen-bond donors (Lipinski definition) is 0. The maximum absolute atomic E-state index is 2.55. The largest absolute Gasteiger partial charge is 0.310 e. The average Bonchev–Trinajstić information content (AvgIpc) is 3.53. The zero-order chi connectivity index (χ0) is 27.7. The summed E-state index contributed by atoms with van der Waals surface area (Å²) < 4.78 is 2.55. The molecule has 0 radical (unpaired) electrons. The maximum atomic E-state index is 2.55. The van der Waals surface area contributed by atoms with E-state index in [2.05, 4.69) is 135 Å². The van der Waals surface area contributed by atoms with Crippen LogP contribution in [0, 0.1) is 0 Å². The predicted molar refractivity (Wildman–Crippen MR) is 173 cm³/mol. The summed E-state index contributed by atoms with van der Waals surface area (Å²) in [5.41, 5.74) is 16.7. The normalized spacial score (nSPS) is 16.9. The standard InChI is InChI=1S/C40H33N/c1-39(2)32-15-9-7-13-27(32)30-22-31-28-14-8-10-16-36(28)41(37(31)23-35(30)39)25-18-19-29-34(21-25)40(3,4)33-20-17-24-11-5-6-12-26(24)38(29)33/h5-7,9-13,15-23H,8,14H2,1-4H3. The van der Waals surface area contributed by atoms with Crippen LogP contribution in [0.4, 0.5) is 0 Å². The first-order valence-corrected chi connectivity index (χ1v) is 15.0. The van der Waals surface area contributed by atoms with Gasteiger partial charge in [-0.2, -0.15) is 0 Å². The smallest absolute Gasteiger partial charge is 0.0541 e. The van der Waals surface area contributed by atoms with Gasteiger partial charge in [-0.25, -0.2) is 0 Å². The van der Waals surface area contributed by atoms with Crippen molar-refractivity contribution in [1.82, 2.24) is 4.57 Å². The molecule has 3 aliphatic carbocycles. The van der Waals surface area contributed by atoms with Crippen LogP contribution in [0.3, 0.4) is 0 Å². The molecule has 0 aliphatic heterocycles. The first kappa shape index (κ1) is 23.4. The van der Waals surface area contributed by atoms with E-state index >= 15 is 0 Å². The number of rotatable bonds is 1. The SMILES string of the molecule is CC1(C)c2ccccc2-c2cc3c4c(n(-c5ccc6c(c5)C(C)(C)c5ccc7ccccc7c5-6)c3cc21)C=CCC4. The highest BCUT2D eigenvalue weighted by molar-refractivity contribution is 6.03. The molecular weight excluding hydrogens is 494 g/mol. The summed E-state index contributed by atoms with van der Waals surface area (Å²) >= 11 is 0. The molecule has 41 heavy (non-hydrogen) atoms. The summed E-state index contributed by atoms with van der Waals surface area (Å²) in [5.74, 6) is 0. The van der Waals surface area contributed by atoms with Crippen LogP contribution in [0.2, 0.25) is 0 Å². The number of hydrogen-bond acceptors (Lipinski definition) is 0. The molecule has 1 heterocycles. The molecule has 6 aromatic rings. The molecule has 5 aromatic carbocycles. The van der Waals surface area contributed by atoms with E-state index in [1.54, 1.807) is 0 Å². The lowest BCUT2D eigenvalue weighted by molar-refractivity contribution is 0.660. The highest BCUT2D eigenvalue weighted by atomic mass is 15.0. The summed E-state index contributed by atoms with van der Waals surface area (Å²) in [4.78, 5) is 0. The molecule has 0 bridgehead atoms. The molecule has 198 valence electrons. The molecule has 0 amide bonds. The molecule has 1 aromatic heterocycles. The summed E-state index contributed by atoms with van der Waals surface area (Å²) in [7, 11) is 0. The second kappa shape index (κ2) is 7.68. The van der Waals surface area contributed by atoms with Gasteiger partial charge in [-0.15, -0.1) is 0 Å². The van der Waals surface area contributed by atoms with E-state index in [9.17, 15) is 0 Å². The molecule has 0 fully saturated rings. The van der Waals surface area contributed by atoms with Gasteiger partial charge >= 0.3 is 0 Å². The van der Waals surface area contributed by atoms with Crippen LogP contribution >= 0.6 is 0 Å². The van der Waals surface area contributed by atoms with Crippen molar-refractivity contribution in [3.8, 4) is 27.9 Å². The monoisotopic (exact) mass is 527 g/mol. The van der Waals surface area contributed by atoms with Gasteiger partial charge in [0, 0.05) is 27.6 Å². The lowest BCUT2D eigenvalue weighted by atomic mass is 9.82. The zero-order valence-electron chi connectivity index (χ0n) is 24.2. The minimum atomic E-state index is -0.0611. The molecule has 0 atom stereocenters. The Bertz CT molecular complexity index is 2150. The third-order valence-electron chi connectivity index (χ3n) is 10.5. The topological polar surface area (TPSA) is 4.93 Å². The van der Waals surface area contributed by atoms with Gasteiger partial charge in [0.25, 0.3) is 0 Å². The molecule has 0 spiro atoms. The van der Waals surface area contributed by atoms with E-state index < -0.39 is 0 Å². The van der Waals surface area contributed by atoms with E-state index in [-0.39, 0.29) is 10.8 Å². The minimum absolute atomic E-state index is 0.0197. The van der Waals surface area contributed by atoms with Gasteiger partial charge in [-0.3, -0.25) is 0 Å². The van der Waals surface area contributed by atoms with E-state index in [0.29, 0.717) is 0 Å². The van der Waals surface area contributed by atoms with Gasteiger partial charge in [-0.05, 0) is 104 Å². The fourth-order valence-electron chi connectivity index (χ4n) is 8.34. The molecule has 0 saturated heterocycles. The third-order valence-corrected chi connectivity index (χ3v) is 10.5. The summed E-state index contributed by atoms with van der Waals surface area (Å²) in [5, 5.41) is 4.07. The Balaban J connectivity index is 1.32. The van der Waals surface area contributed by atoms with Crippen LogP contribution < -0.4 is 0 Å². The quantitative estimate of drug-likeness (QED) is 0.200. The third kappa shape index (κ3) is 2.87. The number of aryl methyl sites for hydroxylation is 1. The molecule has 0 unspecified atom stereocenters. The van der Waals surface area contributed by atoms with E-state index in [4.69, 9.17) is 0 Å². The molecule has 9 rings (SSSR count). The fourth-order valence-corrected chi connectivity index (χ4v) is 8.34. The van der Waals surface area contributed by atoms with E-state index in [1.807, 2.05) is 0 Å². The molecule has 1 heteroatoms. The Labute approximate surface area is 241 Å². The molecule has 0 N–H and O–H groups in total. The lowest BCUT2D eigenvalue weighted by Gasteiger charge is -2.23. The number of allylic oxidation sites excluding steroid dienone is 1. The molecule has 0 saturated carbocycles. The number of benzene rings is 5. The molecule has 3 aliphatic rings. The highest BCUT2D eigenvalue weighted by Crippen LogP contribution is 2.53. The average molecular weight is 528 g/mol. The Morgan fingerprint density at radius 1 is 0.610 bits per heavy atom. The number of aromatic nitrogens is 1. The Morgan fingerprint density at radius 2 is 1.39 bits per heavy atom. The minimum Gasteiger partial charge on any atom is -0.310 e. The lowest BCUT2D eigenvalue weighted by Crippen LogP contribution is -2.16. The molecule has 1 nitrogen and oxygen atoms in total. The van der Waals surface area contributed by atoms with Gasteiger partial charge in [0.15, 0.2) is 0 Å². The van der Waals surface area contributed by atoms with Crippen LogP contribution in [0.25, 0.3) is 55.7 Å². The van der Waals surface area contributed by atoms with Crippen molar-refractivity contribution in [2.24, 2.45) is 0 Å². The Kier molecular flexibility index (Phi) is 4.37. The number of nitrogens with zero attached hydrogens (tertiary/aromatic N) is 1.